The SMILES string of the molecule is C[C@H](N)[C@@H]1C[C@H]1Cn1ccc2cc(Br)c(F)cc2c1=O. The van der Waals surface area contributed by atoms with Gasteiger partial charge in [-0.05, 0) is 64.7 Å². The zero-order chi connectivity index (χ0) is 14.4. The highest BCUT2D eigenvalue weighted by atomic mass is 79.9. The molecule has 2 N–H and O–H groups in total. The lowest BCUT2D eigenvalue weighted by Gasteiger charge is -2.09. The van der Waals surface area contributed by atoms with Crippen molar-refractivity contribution >= 4 is 26.7 Å². The molecular weight excluding hydrogens is 323 g/mol. The molecule has 0 bridgehead atoms. The fourth-order valence-corrected chi connectivity index (χ4v) is 3.16. The second kappa shape index (κ2) is 4.97. The molecule has 1 aliphatic carbocycles. The van der Waals surface area contributed by atoms with Gasteiger partial charge in [0, 0.05) is 18.8 Å². The van der Waals surface area contributed by atoms with Crippen LogP contribution in [0.1, 0.15) is 13.3 Å². The molecule has 1 aliphatic rings. The highest BCUT2D eigenvalue weighted by Crippen LogP contribution is 2.41. The van der Waals surface area contributed by atoms with Crippen LogP contribution in [0.4, 0.5) is 4.39 Å². The van der Waals surface area contributed by atoms with Gasteiger partial charge in [-0.1, -0.05) is 0 Å². The lowest BCUT2D eigenvalue weighted by atomic mass is 10.1. The molecule has 3 nitrogen and oxygen atoms in total. The molecule has 0 unspecified atom stereocenters. The highest BCUT2D eigenvalue weighted by molar-refractivity contribution is 9.10. The first-order valence-electron chi connectivity index (χ1n) is 6.71. The van der Waals surface area contributed by atoms with E-state index in [1.165, 1.54) is 6.07 Å². The second-order valence-corrected chi connectivity index (χ2v) is 6.50. The Kier molecular flexibility index (Phi) is 3.42. The van der Waals surface area contributed by atoms with Crippen LogP contribution in [0.25, 0.3) is 10.8 Å². The molecule has 0 aliphatic heterocycles. The molecule has 3 rings (SSSR count). The Morgan fingerprint density at radius 1 is 1.55 bits per heavy atom. The molecule has 2 aromatic rings. The first kappa shape index (κ1) is 13.8. The van der Waals surface area contributed by atoms with Gasteiger partial charge in [0.1, 0.15) is 5.82 Å². The van der Waals surface area contributed by atoms with Crippen LogP contribution in [-0.4, -0.2) is 10.6 Å². The van der Waals surface area contributed by atoms with E-state index in [4.69, 9.17) is 5.73 Å². The number of benzene rings is 1. The quantitative estimate of drug-likeness (QED) is 0.935. The van der Waals surface area contributed by atoms with E-state index in [9.17, 15) is 9.18 Å². The number of pyridine rings is 1. The number of hydrogen-bond donors (Lipinski definition) is 1. The van der Waals surface area contributed by atoms with Gasteiger partial charge in [-0.3, -0.25) is 4.79 Å². The van der Waals surface area contributed by atoms with Gasteiger partial charge in [0.15, 0.2) is 0 Å². The molecule has 1 heterocycles. The molecular formula is C15H16BrFN2O. The van der Waals surface area contributed by atoms with E-state index in [1.807, 2.05) is 13.0 Å². The summed E-state index contributed by atoms with van der Waals surface area (Å²) in [5.41, 5.74) is 5.73. The predicted octanol–water partition coefficient (Wildman–Crippen LogP) is 2.89. The van der Waals surface area contributed by atoms with Crippen molar-refractivity contribution < 1.29 is 4.39 Å². The van der Waals surface area contributed by atoms with Gasteiger partial charge in [0.2, 0.25) is 0 Å². The van der Waals surface area contributed by atoms with Crippen molar-refractivity contribution in [1.29, 1.82) is 0 Å². The van der Waals surface area contributed by atoms with Gasteiger partial charge in [0.05, 0.1) is 9.86 Å². The Morgan fingerprint density at radius 2 is 2.30 bits per heavy atom. The molecule has 1 aromatic carbocycles. The third-order valence-electron chi connectivity index (χ3n) is 4.10. The average molecular weight is 339 g/mol. The summed E-state index contributed by atoms with van der Waals surface area (Å²) in [4.78, 5) is 12.4. The van der Waals surface area contributed by atoms with Crippen LogP contribution in [0.2, 0.25) is 0 Å². The Morgan fingerprint density at radius 3 is 2.95 bits per heavy atom. The smallest absolute Gasteiger partial charge is 0.258 e. The topological polar surface area (TPSA) is 48.0 Å². The van der Waals surface area contributed by atoms with Crippen LogP contribution in [0.15, 0.2) is 33.7 Å². The van der Waals surface area contributed by atoms with Crippen LogP contribution in [0.5, 0.6) is 0 Å². The number of halogens is 2. The van der Waals surface area contributed by atoms with Crippen molar-refractivity contribution in [2.75, 3.05) is 0 Å². The molecule has 20 heavy (non-hydrogen) atoms. The van der Waals surface area contributed by atoms with Crippen molar-refractivity contribution in [2.45, 2.75) is 25.9 Å². The summed E-state index contributed by atoms with van der Waals surface area (Å²) in [6.45, 7) is 2.67. The standard InChI is InChI=1S/C15H16BrFN2O/c1-8(18)11-4-10(11)7-19-3-2-9-5-13(16)14(17)6-12(9)15(19)20/h2-3,5-6,8,10-11H,4,7,18H2,1H3/t8-,10-,11-/m0/s1. The number of fused-ring (bicyclic) bond motifs is 1. The lowest BCUT2D eigenvalue weighted by molar-refractivity contribution is 0.523. The largest absolute Gasteiger partial charge is 0.328 e. The highest BCUT2D eigenvalue weighted by Gasteiger charge is 2.39. The zero-order valence-corrected chi connectivity index (χ0v) is 12.7. The van der Waals surface area contributed by atoms with Crippen LogP contribution in [0, 0.1) is 17.7 Å². The van der Waals surface area contributed by atoms with Crippen molar-refractivity contribution in [1.82, 2.24) is 4.57 Å². The van der Waals surface area contributed by atoms with Crippen molar-refractivity contribution in [2.24, 2.45) is 17.6 Å². The van der Waals surface area contributed by atoms with Crippen LogP contribution >= 0.6 is 15.9 Å². The van der Waals surface area contributed by atoms with E-state index in [1.54, 1.807) is 16.8 Å². The maximum absolute atomic E-state index is 13.6. The van der Waals surface area contributed by atoms with Crippen molar-refractivity contribution in [3.05, 3.63) is 45.0 Å². The Balaban J connectivity index is 1.96. The number of nitrogens with two attached hydrogens (primary N) is 1. The zero-order valence-electron chi connectivity index (χ0n) is 11.1. The van der Waals surface area contributed by atoms with Gasteiger partial charge >= 0.3 is 0 Å². The van der Waals surface area contributed by atoms with E-state index in [-0.39, 0.29) is 11.6 Å². The van der Waals surface area contributed by atoms with Gasteiger partial charge in [-0.15, -0.1) is 0 Å². The van der Waals surface area contributed by atoms with E-state index in [2.05, 4.69) is 15.9 Å². The van der Waals surface area contributed by atoms with Crippen LogP contribution < -0.4 is 11.3 Å². The summed E-state index contributed by atoms with van der Waals surface area (Å²) in [6, 6.07) is 4.96. The predicted molar refractivity (Wildman–Crippen MR) is 81.1 cm³/mol. The molecule has 0 amide bonds. The van der Waals surface area contributed by atoms with Crippen molar-refractivity contribution in [3.8, 4) is 0 Å². The van der Waals surface area contributed by atoms with Gasteiger partial charge < -0.3 is 10.3 Å². The van der Waals surface area contributed by atoms with Gasteiger partial charge in [-0.2, -0.15) is 0 Å². The number of hydrogen-bond acceptors (Lipinski definition) is 2. The van der Waals surface area contributed by atoms with Crippen molar-refractivity contribution in [3.63, 3.8) is 0 Å². The number of rotatable bonds is 3. The van der Waals surface area contributed by atoms with E-state index < -0.39 is 5.82 Å². The normalized spacial score (nSPS) is 23.0. The Labute approximate surface area is 124 Å². The minimum absolute atomic E-state index is 0.135. The molecule has 1 aromatic heterocycles. The van der Waals surface area contributed by atoms with E-state index >= 15 is 0 Å². The number of nitrogens with zero attached hydrogens (tertiary/aromatic N) is 1. The molecule has 0 spiro atoms. The first-order valence-corrected chi connectivity index (χ1v) is 7.50. The van der Waals surface area contributed by atoms with E-state index in [0.717, 1.165) is 11.8 Å². The summed E-state index contributed by atoms with van der Waals surface area (Å²) in [5.74, 6) is 0.553. The molecule has 0 saturated heterocycles. The Bertz CT molecular complexity index is 726. The second-order valence-electron chi connectivity index (χ2n) is 5.65. The molecule has 3 atom stereocenters. The minimum Gasteiger partial charge on any atom is -0.328 e. The van der Waals surface area contributed by atoms with Gasteiger partial charge in [-0.25, -0.2) is 4.39 Å². The van der Waals surface area contributed by atoms with Gasteiger partial charge in [0.25, 0.3) is 5.56 Å². The molecule has 5 heteroatoms. The maximum atomic E-state index is 13.6. The lowest BCUT2D eigenvalue weighted by Crippen LogP contribution is -2.23. The summed E-state index contributed by atoms with van der Waals surface area (Å²) in [7, 11) is 0. The molecule has 106 valence electrons. The monoisotopic (exact) mass is 338 g/mol. The van der Waals surface area contributed by atoms with Crippen LogP contribution in [0.3, 0.4) is 0 Å². The summed E-state index contributed by atoms with van der Waals surface area (Å²) in [6.07, 6.45) is 2.85. The number of aromatic nitrogens is 1. The summed E-state index contributed by atoms with van der Waals surface area (Å²) < 4.78 is 15.6. The fraction of sp³-hybridized carbons (Fsp3) is 0.400. The first-order chi connectivity index (χ1) is 9.47. The molecule has 1 fully saturated rings. The summed E-state index contributed by atoms with van der Waals surface area (Å²) >= 11 is 3.14. The third kappa shape index (κ3) is 2.40. The third-order valence-corrected chi connectivity index (χ3v) is 4.71. The molecule has 0 radical (unpaired) electrons. The molecule has 1 saturated carbocycles. The van der Waals surface area contributed by atoms with Crippen LogP contribution in [-0.2, 0) is 6.54 Å². The Hall–Kier alpha value is -1.20. The minimum atomic E-state index is -0.410. The van der Waals surface area contributed by atoms with E-state index in [0.29, 0.717) is 28.2 Å². The average Bonchev–Trinajstić information content (AvgIpc) is 3.15. The summed E-state index contributed by atoms with van der Waals surface area (Å²) in [5, 5.41) is 1.17. The maximum Gasteiger partial charge on any atom is 0.258 e. The fourth-order valence-electron chi connectivity index (χ4n) is 2.80.